The van der Waals surface area contributed by atoms with Crippen LogP contribution >= 0.6 is 11.6 Å². The topological polar surface area (TPSA) is 87.6 Å². The predicted molar refractivity (Wildman–Crippen MR) is 157 cm³/mol. The Morgan fingerprint density at radius 1 is 1.10 bits per heavy atom. The number of aryl methyl sites for hydroxylation is 1. The maximum absolute atomic E-state index is 12.8. The molecule has 2 aliphatic heterocycles. The lowest BCUT2D eigenvalue weighted by molar-refractivity contribution is 0.0591. The van der Waals surface area contributed by atoms with Crippen molar-refractivity contribution < 1.29 is 14.1 Å². The number of nitrogens with zero attached hydrogens (tertiary/aromatic N) is 3. The van der Waals surface area contributed by atoms with E-state index in [0.29, 0.717) is 42.0 Å². The van der Waals surface area contributed by atoms with Crippen LogP contribution in [0.15, 0.2) is 59.5 Å². The first kappa shape index (κ1) is 28.0. The second-order valence-electron chi connectivity index (χ2n) is 10.9. The molecule has 2 atom stereocenters. The molecule has 2 N–H and O–H groups in total. The van der Waals surface area contributed by atoms with E-state index in [-0.39, 0.29) is 24.0 Å². The number of hydrogen-bond donors (Lipinski definition) is 2. The molecule has 1 saturated heterocycles. The average Bonchev–Trinajstić information content (AvgIpc) is 3.33. The third-order valence-corrected chi connectivity index (χ3v) is 9.66. The maximum atomic E-state index is 12.8. The molecule has 1 fully saturated rings. The van der Waals surface area contributed by atoms with Gasteiger partial charge in [-0.1, -0.05) is 67.9 Å². The summed E-state index contributed by atoms with van der Waals surface area (Å²) in [4.78, 5) is 12.7. The number of piperidine rings is 1. The third-order valence-electron chi connectivity index (χ3n) is 7.95. The van der Waals surface area contributed by atoms with Gasteiger partial charge >= 0.3 is 0 Å². The van der Waals surface area contributed by atoms with Crippen LogP contribution in [0.4, 0.5) is 11.8 Å². The lowest BCUT2D eigenvalue weighted by Gasteiger charge is -2.42. The highest BCUT2D eigenvalue weighted by molar-refractivity contribution is 7.85. The molecular weight excluding hydrogens is 532 g/mol. The molecule has 2 aliphatic rings. The number of aliphatic hydroxyl groups is 1. The van der Waals surface area contributed by atoms with Crippen molar-refractivity contribution in [2.75, 3.05) is 42.3 Å². The van der Waals surface area contributed by atoms with Gasteiger partial charge in [0.15, 0.2) is 0 Å². The second kappa shape index (κ2) is 12.3. The normalized spacial score (nSPS) is 19.2. The molecule has 39 heavy (non-hydrogen) atoms. The quantitative estimate of drug-likeness (QED) is 0.357. The third kappa shape index (κ3) is 6.30. The highest BCUT2D eigenvalue weighted by Gasteiger charge is 2.38. The van der Waals surface area contributed by atoms with Crippen LogP contribution in [0.5, 0.6) is 0 Å². The molecule has 1 aromatic heterocycles. The molecular formula is C30H37ClN4O3S. The summed E-state index contributed by atoms with van der Waals surface area (Å²) in [6, 6.07) is 18.2. The van der Waals surface area contributed by atoms with Crippen LogP contribution in [0.25, 0.3) is 0 Å². The zero-order valence-corrected chi connectivity index (χ0v) is 24.2. The van der Waals surface area contributed by atoms with Crippen molar-refractivity contribution in [2.45, 2.75) is 56.1 Å². The average molecular weight is 569 g/mol. The van der Waals surface area contributed by atoms with Crippen LogP contribution in [-0.4, -0.2) is 57.4 Å². The Morgan fingerprint density at radius 2 is 1.82 bits per heavy atom. The summed E-state index contributed by atoms with van der Waals surface area (Å²) in [5.74, 6) is 2.01. The fraction of sp³-hybridized carbons (Fsp3) is 0.467. The van der Waals surface area contributed by atoms with Crippen LogP contribution in [0, 0.1) is 5.92 Å². The van der Waals surface area contributed by atoms with Crippen LogP contribution in [0.3, 0.4) is 0 Å². The molecule has 0 spiro atoms. The van der Waals surface area contributed by atoms with E-state index in [1.165, 1.54) is 5.56 Å². The Morgan fingerprint density at radius 3 is 2.49 bits per heavy atom. The largest absolute Gasteiger partial charge is 0.394 e. The van der Waals surface area contributed by atoms with E-state index in [9.17, 15) is 9.32 Å². The van der Waals surface area contributed by atoms with Crippen molar-refractivity contribution in [1.29, 1.82) is 0 Å². The van der Waals surface area contributed by atoms with Crippen molar-refractivity contribution in [3.63, 3.8) is 0 Å². The number of benzene rings is 2. The Hall–Kier alpha value is -2.52. The molecule has 3 heterocycles. The number of ether oxygens (including phenoxy) is 1. The van der Waals surface area contributed by atoms with Crippen molar-refractivity contribution in [1.82, 2.24) is 9.97 Å². The molecule has 0 aliphatic carbocycles. The van der Waals surface area contributed by atoms with Crippen LogP contribution in [0.2, 0.25) is 5.02 Å². The standard InChI is InChI=1S/C30H37ClN4O3S/c1-21(2)26(18-36)32-28-27-25(12-17-39(27)37)33-29(34-28)35-15-13-30(14-16-35,23-8-10-24(31)11-9-23)20-38-19-22-6-4-3-5-7-22/h3-11,21,26,36H,12-20H2,1-2H3,(H,32,33,34)/t26-,39?/m0/s1. The van der Waals surface area contributed by atoms with Gasteiger partial charge in [-0.15, -0.1) is 0 Å². The van der Waals surface area contributed by atoms with E-state index < -0.39 is 10.8 Å². The van der Waals surface area contributed by atoms with Crippen molar-refractivity contribution in [3.05, 3.63) is 76.4 Å². The summed E-state index contributed by atoms with van der Waals surface area (Å²) < 4.78 is 19.1. The molecule has 0 saturated carbocycles. The first-order valence-electron chi connectivity index (χ1n) is 13.7. The first-order chi connectivity index (χ1) is 18.9. The van der Waals surface area contributed by atoms with Gasteiger partial charge in [-0.05, 0) is 42.0 Å². The fourth-order valence-corrected chi connectivity index (χ4v) is 6.85. The predicted octanol–water partition coefficient (Wildman–Crippen LogP) is 4.98. The SMILES string of the molecule is CC(C)[C@H](CO)Nc1nc(N2CCC(COCc3ccccc3)(c3ccc(Cl)cc3)CC2)nc2c1S(=O)CC2. The molecule has 5 rings (SSSR count). The highest BCUT2D eigenvalue weighted by atomic mass is 35.5. The Labute approximate surface area is 238 Å². The zero-order chi connectivity index (χ0) is 27.4. The minimum absolute atomic E-state index is 0.0191. The van der Waals surface area contributed by atoms with Gasteiger partial charge in [-0.2, -0.15) is 4.98 Å². The van der Waals surface area contributed by atoms with E-state index in [4.69, 9.17) is 26.3 Å². The number of nitrogens with one attached hydrogen (secondary N) is 1. The number of hydrogen-bond acceptors (Lipinski definition) is 7. The van der Waals surface area contributed by atoms with E-state index in [0.717, 1.165) is 42.2 Å². The molecule has 1 unspecified atom stereocenters. The van der Waals surface area contributed by atoms with Gasteiger partial charge in [-0.25, -0.2) is 4.98 Å². The lowest BCUT2D eigenvalue weighted by Crippen LogP contribution is -2.46. The smallest absolute Gasteiger partial charge is 0.227 e. The minimum Gasteiger partial charge on any atom is -0.394 e. The lowest BCUT2D eigenvalue weighted by atomic mass is 9.73. The number of fused-ring (bicyclic) bond motifs is 1. The number of aromatic nitrogens is 2. The van der Waals surface area contributed by atoms with E-state index in [1.54, 1.807) is 0 Å². The molecule has 7 nitrogen and oxygen atoms in total. The summed E-state index contributed by atoms with van der Waals surface area (Å²) in [6.07, 6.45) is 2.43. The minimum atomic E-state index is -1.13. The molecule has 2 aromatic carbocycles. The summed E-state index contributed by atoms with van der Waals surface area (Å²) >= 11 is 6.22. The van der Waals surface area contributed by atoms with Gasteiger partial charge in [0, 0.05) is 35.7 Å². The monoisotopic (exact) mass is 568 g/mol. The summed E-state index contributed by atoms with van der Waals surface area (Å²) in [7, 11) is -1.13. The van der Waals surface area contributed by atoms with Crippen molar-refractivity contribution in [3.8, 4) is 0 Å². The number of aliphatic hydroxyl groups excluding tert-OH is 1. The number of rotatable bonds is 10. The molecule has 0 amide bonds. The Bertz CT molecular complexity index is 1280. The molecule has 208 valence electrons. The molecule has 0 bridgehead atoms. The Kier molecular flexibility index (Phi) is 8.86. The summed E-state index contributed by atoms with van der Waals surface area (Å²) in [5, 5.41) is 14.0. The first-order valence-corrected chi connectivity index (χ1v) is 15.4. The van der Waals surface area contributed by atoms with Gasteiger partial charge in [0.2, 0.25) is 5.95 Å². The fourth-order valence-electron chi connectivity index (χ4n) is 5.42. The van der Waals surface area contributed by atoms with Crippen LogP contribution < -0.4 is 10.2 Å². The van der Waals surface area contributed by atoms with Crippen molar-refractivity contribution in [2.24, 2.45) is 5.92 Å². The van der Waals surface area contributed by atoms with Gasteiger partial charge in [0.05, 0.1) is 42.4 Å². The number of halogens is 1. The van der Waals surface area contributed by atoms with Crippen LogP contribution in [0.1, 0.15) is 43.5 Å². The van der Waals surface area contributed by atoms with Crippen molar-refractivity contribution >= 4 is 34.2 Å². The van der Waals surface area contributed by atoms with Gasteiger partial charge in [0.25, 0.3) is 0 Å². The zero-order valence-electron chi connectivity index (χ0n) is 22.6. The maximum Gasteiger partial charge on any atom is 0.227 e. The van der Waals surface area contributed by atoms with E-state index in [1.807, 2.05) is 44.2 Å². The van der Waals surface area contributed by atoms with Gasteiger partial charge in [0.1, 0.15) is 10.7 Å². The van der Waals surface area contributed by atoms with Gasteiger partial charge < -0.3 is 20.1 Å². The van der Waals surface area contributed by atoms with Crippen LogP contribution in [-0.2, 0) is 34.0 Å². The molecule has 3 aromatic rings. The highest BCUT2D eigenvalue weighted by Crippen LogP contribution is 2.39. The Balaban J connectivity index is 1.36. The summed E-state index contributed by atoms with van der Waals surface area (Å²) in [5.41, 5.74) is 3.10. The van der Waals surface area contributed by atoms with E-state index in [2.05, 4.69) is 34.5 Å². The molecule has 9 heteroatoms. The summed E-state index contributed by atoms with van der Waals surface area (Å²) in [6.45, 7) is 6.80. The molecule has 0 radical (unpaired) electrons. The van der Waals surface area contributed by atoms with Gasteiger partial charge in [-0.3, -0.25) is 4.21 Å². The number of anilines is 2. The van der Waals surface area contributed by atoms with E-state index >= 15 is 0 Å². The second-order valence-corrected chi connectivity index (χ2v) is 12.8.